The highest BCUT2D eigenvalue weighted by molar-refractivity contribution is 5.95. The third-order valence-electron chi connectivity index (χ3n) is 6.01. The molecule has 0 saturated heterocycles. The van der Waals surface area contributed by atoms with Gasteiger partial charge in [0.25, 0.3) is 0 Å². The van der Waals surface area contributed by atoms with Gasteiger partial charge in [0.2, 0.25) is 17.4 Å². The van der Waals surface area contributed by atoms with Gasteiger partial charge in [0, 0.05) is 23.3 Å². The number of hydrogen-bond donors (Lipinski definition) is 0. The van der Waals surface area contributed by atoms with Gasteiger partial charge in [0.1, 0.15) is 17.2 Å². The highest BCUT2D eigenvalue weighted by Crippen LogP contribution is 2.32. The number of benzene rings is 4. The van der Waals surface area contributed by atoms with Crippen molar-refractivity contribution in [3.05, 3.63) is 130 Å². The van der Waals surface area contributed by atoms with Crippen LogP contribution in [0, 0.1) is 25.5 Å². The molecule has 51 heavy (non-hydrogen) atoms. The average Bonchev–Trinajstić information content (AvgIpc) is 3.06. The molecular formula is C34H21F11O6. The Morgan fingerprint density at radius 3 is 1.33 bits per heavy atom. The van der Waals surface area contributed by atoms with Gasteiger partial charge >= 0.3 is 24.9 Å². The number of carbonyl (C=O) groups is 2. The molecule has 17 heteroatoms. The molecule has 6 nitrogen and oxygen atoms in total. The highest BCUT2D eigenvalue weighted by Gasteiger charge is 2.34. The maximum Gasteiger partial charge on any atom is 0.573 e. The van der Waals surface area contributed by atoms with Crippen molar-refractivity contribution >= 4 is 23.6 Å². The Morgan fingerprint density at radius 1 is 0.588 bits per heavy atom. The maximum atomic E-state index is 13.9. The molecule has 0 aliphatic heterocycles. The van der Waals surface area contributed by atoms with E-state index in [9.17, 15) is 57.9 Å². The number of ether oxygens (including phenoxy) is 4. The summed E-state index contributed by atoms with van der Waals surface area (Å²) in [6, 6.07) is 15.8. The van der Waals surface area contributed by atoms with E-state index in [0.717, 1.165) is 35.4 Å². The molecule has 0 atom stereocenters. The van der Waals surface area contributed by atoms with Crippen LogP contribution in [0.15, 0.2) is 96.6 Å². The van der Waals surface area contributed by atoms with E-state index in [4.69, 9.17) is 0 Å². The summed E-state index contributed by atoms with van der Waals surface area (Å²) in [5.41, 5.74) is 1.19. The Balaban J connectivity index is 0.000000277. The molecule has 0 aromatic heterocycles. The summed E-state index contributed by atoms with van der Waals surface area (Å²) in [5.74, 6) is -16.9. The third-order valence-corrected chi connectivity index (χ3v) is 6.01. The van der Waals surface area contributed by atoms with Crippen molar-refractivity contribution in [1.82, 2.24) is 0 Å². The molecule has 0 heterocycles. The van der Waals surface area contributed by atoms with Crippen LogP contribution in [-0.4, -0.2) is 24.9 Å². The topological polar surface area (TPSA) is 71.1 Å². The minimum atomic E-state index is -5.37. The van der Waals surface area contributed by atoms with Gasteiger partial charge < -0.3 is 18.9 Å². The Bertz CT molecular complexity index is 1880. The van der Waals surface area contributed by atoms with Crippen molar-refractivity contribution < 1.29 is 76.8 Å². The molecule has 270 valence electrons. The molecule has 0 saturated carbocycles. The number of aryl methyl sites for hydroxylation is 2. The van der Waals surface area contributed by atoms with Crippen molar-refractivity contribution in [1.29, 1.82) is 0 Å². The van der Waals surface area contributed by atoms with E-state index in [1.54, 1.807) is 26.0 Å². The first kappa shape index (κ1) is 39.6. The summed E-state index contributed by atoms with van der Waals surface area (Å²) in [6.07, 6.45) is -5.37. The predicted molar refractivity (Wildman–Crippen MR) is 158 cm³/mol. The Morgan fingerprint density at radius 2 is 0.961 bits per heavy atom. The van der Waals surface area contributed by atoms with Gasteiger partial charge in [-0.15, -0.1) is 13.2 Å². The van der Waals surface area contributed by atoms with Gasteiger partial charge in [-0.2, -0.15) is 17.6 Å². The lowest BCUT2D eigenvalue weighted by atomic mass is 10.1. The molecule has 0 spiro atoms. The molecule has 0 N–H and O–H groups in total. The number of carbonyl (C=O) groups excluding carboxylic acids is 2. The first-order valence-electron chi connectivity index (χ1n) is 13.8. The molecule has 4 aromatic carbocycles. The van der Waals surface area contributed by atoms with Crippen LogP contribution in [0.5, 0.6) is 23.0 Å². The van der Waals surface area contributed by atoms with E-state index in [-0.39, 0.29) is 34.8 Å². The summed E-state index contributed by atoms with van der Waals surface area (Å²) in [5, 5.41) is 0. The normalized spacial score (nSPS) is 12.2. The molecule has 0 aliphatic rings. The molecular weight excluding hydrogens is 713 g/mol. The smallest absolute Gasteiger partial charge is 0.435 e. The van der Waals surface area contributed by atoms with Crippen molar-refractivity contribution in [2.24, 2.45) is 0 Å². The first-order chi connectivity index (χ1) is 23.8. The van der Waals surface area contributed by atoms with Crippen molar-refractivity contribution in [3.63, 3.8) is 0 Å². The zero-order chi connectivity index (χ0) is 38.0. The average molecular weight is 735 g/mol. The quantitative estimate of drug-likeness (QED) is 0.0738. The van der Waals surface area contributed by atoms with Crippen molar-refractivity contribution in [2.45, 2.75) is 26.8 Å². The second-order valence-corrected chi connectivity index (χ2v) is 9.88. The largest absolute Gasteiger partial charge is 0.573 e. The standard InChI is InChI=1S/C17H9F7O3.C17H12F4O3/c1-8-2-4-9(5-3-8)13(20)14(21)16(25)26-10-6-11(18)15(12(19)7-10)27-17(22,23)24;1-10-2-4-11(5-3-10)14(18)15(19)16(22)23-12-6-8-13(9-7-12)24-17(20)21/h2-7H,1H3;2-9,17H,1H3/b14-13+;15-14+. The molecule has 0 bridgehead atoms. The molecule has 4 aromatic rings. The summed E-state index contributed by atoms with van der Waals surface area (Å²) >= 11 is 0. The fourth-order valence-corrected chi connectivity index (χ4v) is 3.63. The summed E-state index contributed by atoms with van der Waals surface area (Å²) in [6.45, 7) is 0.463. The number of rotatable bonds is 9. The Hall–Kier alpha value is -5.87. The lowest BCUT2D eigenvalue weighted by Crippen LogP contribution is -2.19. The highest BCUT2D eigenvalue weighted by atomic mass is 19.4. The fourth-order valence-electron chi connectivity index (χ4n) is 3.63. The van der Waals surface area contributed by atoms with Crippen molar-refractivity contribution in [3.8, 4) is 23.0 Å². The van der Waals surface area contributed by atoms with E-state index >= 15 is 0 Å². The summed E-state index contributed by atoms with van der Waals surface area (Å²) in [7, 11) is 0. The molecule has 4 rings (SSSR count). The lowest BCUT2D eigenvalue weighted by Gasteiger charge is -2.11. The minimum absolute atomic E-state index is 0.101. The Kier molecular flexibility index (Phi) is 13.3. The number of halogens is 11. The summed E-state index contributed by atoms with van der Waals surface area (Å²) < 4.78 is 159. The van der Waals surface area contributed by atoms with Crippen LogP contribution in [0.4, 0.5) is 48.3 Å². The van der Waals surface area contributed by atoms with Crippen LogP contribution < -0.4 is 18.9 Å². The van der Waals surface area contributed by atoms with E-state index in [2.05, 4.69) is 18.9 Å². The van der Waals surface area contributed by atoms with Crippen LogP contribution in [0.3, 0.4) is 0 Å². The van der Waals surface area contributed by atoms with Crippen LogP contribution in [0.25, 0.3) is 11.7 Å². The van der Waals surface area contributed by atoms with Gasteiger partial charge in [-0.3, -0.25) is 0 Å². The van der Waals surface area contributed by atoms with Gasteiger partial charge in [0.15, 0.2) is 23.3 Å². The van der Waals surface area contributed by atoms with Crippen LogP contribution in [0.2, 0.25) is 0 Å². The van der Waals surface area contributed by atoms with Crippen LogP contribution in [-0.2, 0) is 9.59 Å². The second-order valence-electron chi connectivity index (χ2n) is 9.88. The van der Waals surface area contributed by atoms with E-state index in [1.165, 1.54) is 36.4 Å². The fraction of sp³-hybridized carbons (Fsp3) is 0.118. The number of hydrogen-bond acceptors (Lipinski definition) is 6. The lowest BCUT2D eigenvalue weighted by molar-refractivity contribution is -0.276. The van der Waals surface area contributed by atoms with Crippen LogP contribution in [0.1, 0.15) is 22.3 Å². The SMILES string of the molecule is Cc1ccc(/C(F)=C(\F)C(=O)Oc2cc(F)c(OC(F)(F)F)c(F)c2)cc1.Cc1ccc(/C(F)=C(\F)C(=O)Oc2ccc(OC(F)F)cc2)cc1. The summed E-state index contributed by atoms with van der Waals surface area (Å²) in [4.78, 5) is 23.2. The van der Waals surface area contributed by atoms with Gasteiger partial charge in [-0.05, 0) is 38.1 Å². The molecule has 0 amide bonds. The van der Waals surface area contributed by atoms with E-state index in [1.807, 2.05) is 0 Å². The molecule has 0 aliphatic carbocycles. The van der Waals surface area contributed by atoms with Crippen LogP contribution >= 0.6 is 0 Å². The van der Waals surface area contributed by atoms with E-state index in [0.29, 0.717) is 0 Å². The van der Waals surface area contributed by atoms with Gasteiger partial charge in [-0.25, -0.2) is 27.2 Å². The van der Waals surface area contributed by atoms with Gasteiger partial charge in [-0.1, -0.05) is 59.7 Å². The third kappa shape index (κ3) is 11.9. The maximum absolute atomic E-state index is 13.9. The predicted octanol–water partition coefficient (Wildman–Crippen LogP) is 10.2. The second kappa shape index (κ2) is 17.2. The van der Waals surface area contributed by atoms with Gasteiger partial charge in [0.05, 0.1) is 0 Å². The monoisotopic (exact) mass is 734 g/mol. The Labute approximate surface area is 280 Å². The zero-order valence-electron chi connectivity index (χ0n) is 25.8. The molecule has 0 fully saturated rings. The zero-order valence-corrected chi connectivity index (χ0v) is 25.8. The first-order valence-corrected chi connectivity index (χ1v) is 13.8. The number of alkyl halides is 5. The molecule has 0 unspecified atom stereocenters. The van der Waals surface area contributed by atoms with E-state index < -0.39 is 71.4 Å². The molecule has 0 radical (unpaired) electrons. The number of esters is 2. The minimum Gasteiger partial charge on any atom is -0.435 e. The van der Waals surface area contributed by atoms with Crippen molar-refractivity contribution in [2.75, 3.05) is 0 Å².